The molecule has 20 heavy (non-hydrogen) atoms. The monoisotopic (exact) mass is 265 g/mol. The molecule has 2 nitrogen and oxygen atoms in total. The van der Waals surface area contributed by atoms with Gasteiger partial charge in [0, 0.05) is 22.1 Å². The van der Waals surface area contributed by atoms with E-state index in [9.17, 15) is 5.11 Å². The second kappa shape index (κ2) is 4.41. The molecular formula is C18H19NO. The van der Waals surface area contributed by atoms with E-state index in [4.69, 9.17) is 0 Å². The third kappa shape index (κ3) is 2.18. The summed E-state index contributed by atoms with van der Waals surface area (Å²) in [7, 11) is 0. The van der Waals surface area contributed by atoms with Gasteiger partial charge in [0.2, 0.25) is 0 Å². The van der Waals surface area contributed by atoms with Gasteiger partial charge in [0.1, 0.15) is 5.75 Å². The van der Waals surface area contributed by atoms with Crippen LogP contribution in [0.2, 0.25) is 0 Å². The zero-order chi connectivity index (χ0) is 14.3. The van der Waals surface area contributed by atoms with Crippen molar-refractivity contribution < 1.29 is 5.11 Å². The second-order valence-electron chi connectivity index (χ2n) is 6.25. The number of nitrogens with one attached hydrogen (secondary N) is 1. The van der Waals surface area contributed by atoms with Crippen LogP contribution in [0, 0.1) is 0 Å². The maximum atomic E-state index is 9.42. The zero-order valence-corrected chi connectivity index (χ0v) is 12.1. The van der Waals surface area contributed by atoms with Crippen molar-refractivity contribution in [2.75, 3.05) is 0 Å². The van der Waals surface area contributed by atoms with Gasteiger partial charge in [0.25, 0.3) is 0 Å². The minimum absolute atomic E-state index is 0.102. The van der Waals surface area contributed by atoms with Crippen molar-refractivity contribution in [3.05, 3.63) is 54.2 Å². The van der Waals surface area contributed by atoms with Gasteiger partial charge in [0.15, 0.2) is 0 Å². The van der Waals surface area contributed by atoms with Crippen molar-refractivity contribution >= 4 is 10.9 Å². The topological polar surface area (TPSA) is 36.0 Å². The highest BCUT2D eigenvalue weighted by Gasteiger charge is 2.17. The van der Waals surface area contributed by atoms with Gasteiger partial charge in [-0.3, -0.25) is 0 Å². The molecule has 0 saturated heterocycles. The minimum atomic E-state index is 0.102. The number of fused-ring (bicyclic) bond motifs is 1. The van der Waals surface area contributed by atoms with Crippen molar-refractivity contribution in [2.24, 2.45) is 0 Å². The molecule has 0 atom stereocenters. The number of benzene rings is 2. The van der Waals surface area contributed by atoms with Crippen LogP contribution in [-0.4, -0.2) is 10.1 Å². The van der Waals surface area contributed by atoms with Gasteiger partial charge in [-0.25, -0.2) is 0 Å². The van der Waals surface area contributed by atoms with Crippen LogP contribution in [0.3, 0.4) is 0 Å². The van der Waals surface area contributed by atoms with Crippen LogP contribution in [0.5, 0.6) is 5.75 Å². The standard InChI is InChI=1S/C18H19NO/c1-18(2,3)16-11-13-5-4-6-15(17(13)19-16)12-7-9-14(20)10-8-12/h4-11,19-20H,1-3H3. The Hall–Kier alpha value is -2.22. The fourth-order valence-corrected chi connectivity index (χ4v) is 2.44. The summed E-state index contributed by atoms with van der Waals surface area (Å²) in [5, 5.41) is 10.6. The molecule has 102 valence electrons. The number of phenolic OH excluding ortho intramolecular Hbond substituents is 1. The Morgan fingerprint density at radius 3 is 2.30 bits per heavy atom. The molecule has 0 amide bonds. The first-order chi connectivity index (χ1) is 9.45. The van der Waals surface area contributed by atoms with E-state index < -0.39 is 0 Å². The van der Waals surface area contributed by atoms with Crippen molar-refractivity contribution in [3.8, 4) is 16.9 Å². The summed E-state index contributed by atoms with van der Waals surface area (Å²) < 4.78 is 0. The van der Waals surface area contributed by atoms with Crippen LogP contribution >= 0.6 is 0 Å². The normalized spacial score (nSPS) is 11.9. The molecule has 2 aromatic carbocycles. The van der Waals surface area contributed by atoms with Crippen molar-refractivity contribution in [1.82, 2.24) is 4.98 Å². The molecule has 0 aliphatic heterocycles. The molecule has 0 fully saturated rings. The predicted molar refractivity (Wildman–Crippen MR) is 84.1 cm³/mol. The summed E-state index contributed by atoms with van der Waals surface area (Å²) in [5.74, 6) is 0.294. The maximum Gasteiger partial charge on any atom is 0.115 e. The number of para-hydroxylation sites is 1. The Balaban J connectivity index is 2.21. The smallest absolute Gasteiger partial charge is 0.115 e. The fourth-order valence-electron chi connectivity index (χ4n) is 2.44. The Bertz CT molecular complexity index is 745. The van der Waals surface area contributed by atoms with E-state index in [2.05, 4.69) is 50.0 Å². The van der Waals surface area contributed by atoms with E-state index in [1.807, 2.05) is 12.1 Å². The Kier molecular flexibility index (Phi) is 2.82. The molecule has 1 aromatic heterocycles. The van der Waals surface area contributed by atoms with E-state index in [1.165, 1.54) is 11.1 Å². The molecule has 0 spiro atoms. The average molecular weight is 265 g/mol. The first kappa shape index (κ1) is 12.8. The van der Waals surface area contributed by atoms with Gasteiger partial charge in [-0.15, -0.1) is 0 Å². The van der Waals surface area contributed by atoms with Crippen LogP contribution in [0.15, 0.2) is 48.5 Å². The molecule has 0 saturated carbocycles. The first-order valence-electron chi connectivity index (χ1n) is 6.87. The van der Waals surface area contributed by atoms with Gasteiger partial charge in [-0.2, -0.15) is 0 Å². The second-order valence-corrected chi connectivity index (χ2v) is 6.25. The molecular weight excluding hydrogens is 246 g/mol. The van der Waals surface area contributed by atoms with Gasteiger partial charge in [0.05, 0.1) is 5.52 Å². The molecule has 1 heterocycles. The number of aromatic amines is 1. The SMILES string of the molecule is CC(C)(C)c1cc2cccc(-c3ccc(O)cc3)c2[nH]1. The number of aromatic nitrogens is 1. The van der Waals surface area contributed by atoms with Crippen LogP contribution in [0.4, 0.5) is 0 Å². The Morgan fingerprint density at radius 2 is 1.65 bits per heavy atom. The van der Waals surface area contributed by atoms with E-state index in [0.717, 1.165) is 16.6 Å². The molecule has 0 radical (unpaired) electrons. The fraction of sp³-hybridized carbons (Fsp3) is 0.222. The summed E-state index contributed by atoms with van der Waals surface area (Å²) in [6.45, 7) is 6.62. The summed E-state index contributed by atoms with van der Waals surface area (Å²) >= 11 is 0. The molecule has 3 aromatic rings. The number of aromatic hydroxyl groups is 1. The Morgan fingerprint density at radius 1 is 0.950 bits per heavy atom. The minimum Gasteiger partial charge on any atom is -0.508 e. The predicted octanol–water partition coefficient (Wildman–Crippen LogP) is 4.84. The lowest BCUT2D eigenvalue weighted by Crippen LogP contribution is -2.11. The van der Waals surface area contributed by atoms with Crippen molar-refractivity contribution in [2.45, 2.75) is 26.2 Å². The first-order valence-corrected chi connectivity index (χ1v) is 6.87. The highest BCUT2D eigenvalue weighted by molar-refractivity contribution is 5.94. The van der Waals surface area contributed by atoms with Crippen molar-refractivity contribution in [1.29, 1.82) is 0 Å². The summed E-state index contributed by atoms with van der Waals surface area (Å²) in [4.78, 5) is 3.55. The van der Waals surface area contributed by atoms with Crippen LogP contribution in [0.25, 0.3) is 22.0 Å². The third-order valence-electron chi connectivity index (χ3n) is 3.64. The molecule has 0 bridgehead atoms. The van der Waals surface area contributed by atoms with Crippen LogP contribution in [0.1, 0.15) is 26.5 Å². The van der Waals surface area contributed by atoms with Gasteiger partial charge < -0.3 is 10.1 Å². The quantitative estimate of drug-likeness (QED) is 0.649. The third-order valence-corrected chi connectivity index (χ3v) is 3.64. The number of H-pyrrole nitrogens is 1. The largest absolute Gasteiger partial charge is 0.508 e. The molecule has 2 heteroatoms. The van der Waals surface area contributed by atoms with Crippen molar-refractivity contribution in [3.63, 3.8) is 0 Å². The summed E-state index contributed by atoms with van der Waals surface area (Å²) in [5.41, 5.74) is 4.76. The lowest BCUT2D eigenvalue weighted by atomic mass is 9.92. The lowest BCUT2D eigenvalue weighted by molar-refractivity contribution is 0.475. The van der Waals surface area contributed by atoms with E-state index in [1.54, 1.807) is 12.1 Å². The molecule has 3 rings (SSSR count). The van der Waals surface area contributed by atoms with Crippen LogP contribution in [-0.2, 0) is 5.41 Å². The van der Waals surface area contributed by atoms with Gasteiger partial charge >= 0.3 is 0 Å². The lowest BCUT2D eigenvalue weighted by Gasteiger charge is -2.15. The summed E-state index contributed by atoms with van der Waals surface area (Å²) in [6.07, 6.45) is 0. The van der Waals surface area contributed by atoms with E-state index in [-0.39, 0.29) is 5.41 Å². The average Bonchev–Trinajstić information content (AvgIpc) is 2.83. The number of hydrogen-bond donors (Lipinski definition) is 2. The number of rotatable bonds is 1. The summed E-state index contributed by atoms with van der Waals surface area (Å²) in [6, 6.07) is 15.9. The molecule has 2 N–H and O–H groups in total. The van der Waals surface area contributed by atoms with E-state index >= 15 is 0 Å². The Labute approximate surface area is 119 Å². The highest BCUT2D eigenvalue weighted by Crippen LogP contribution is 2.32. The van der Waals surface area contributed by atoms with Crippen LogP contribution < -0.4 is 0 Å². The molecule has 0 aliphatic carbocycles. The van der Waals surface area contributed by atoms with E-state index in [0.29, 0.717) is 5.75 Å². The zero-order valence-electron chi connectivity index (χ0n) is 12.1. The maximum absolute atomic E-state index is 9.42. The van der Waals surface area contributed by atoms with Gasteiger partial charge in [-0.05, 0) is 23.8 Å². The highest BCUT2D eigenvalue weighted by atomic mass is 16.3. The molecule has 0 aliphatic rings. The van der Waals surface area contributed by atoms with Gasteiger partial charge in [-0.1, -0.05) is 51.1 Å². The number of hydrogen-bond acceptors (Lipinski definition) is 1. The molecule has 0 unspecified atom stereocenters. The number of phenols is 1.